The van der Waals surface area contributed by atoms with Crippen LogP contribution in [0.5, 0.6) is 0 Å². The molecule has 1 aromatic rings. The maximum absolute atomic E-state index is 12.4. The molecule has 0 N–H and O–H groups in total. The van der Waals surface area contributed by atoms with Gasteiger partial charge in [-0.15, -0.1) is 0 Å². The van der Waals surface area contributed by atoms with E-state index in [1.54, 1.807) is 0 Å². The van der Waals surface area contributed by atoms with Gasteiger partial charge in [-0.1, -0.05) is 0 Å². The second kappa shape index (κ2) is 5.56. The number of likely N-dealkylation sites (tertiary alicyclic amines) is 1. The predicted octanol–water partition coefficient (Wildman–Crippen LogP) is 1.84. The minimum absolute atomic E-state index is 0.175. The van der Waals surface area contributed by atoms with Crippen molar-refractivity contribution in [1.82, 2.24) is 14.7 Å². The van der Waals surface area contributed by atoms with Crippen LogP contribution in [0.4, 0.5) is 0 Å². The lowest BCUT2D eigenvalue weighted by atomic mass is 10.0. The highest BCUT2D eigenvalue weighted by Crippen LogP contribution is 2.25. The largest absolute Gasteiger partial charge is 0.368 e. The zero-order valence-electron chi connectivity index (χ0n) is 12.3. The highest BCUT2D eigenvalue weighted by molar-refractivity contribution is 5.81. The van der Waals surface area contributed by atoms with Crippen molar-refractivity contribution >= 4 is 5.91 Å². The Balaban J connectivity index is 1.70. The molecular weight excluding hydrogens is 254 g/mol. The van der Waals surface area contributed by atoms with Crippen LogP contribution < -0.4 is 0 Å². The van der Waals surface area contributed by atoms with Gasteiger partial charge < -0.3 is 9.64 Å². The third kappa shape index (κ3) is 2.59. The molecule has 3 rings (SSSR count). The van der Waals surface area contributed by atoms with Crippen LogP contribution in [-0.4, -0.2) is 46.4 Å². The fourth-order valence-electron chi connectivity index (χ4n) is 3.35. The van der Waals surface area contributed by atoms with Gasteiger partial charge in [0, 0.05) is 25.4 Å². The molecule has 0 spiro atoms. The minimum atomic E-state index is -0.200. The first kappa shape index (κ1) is 13.6. The van der Waals surface area contributed by atoms with Crippen LogP contribution in [0.15, 0.2) is 6.07 Å². The van der Waals surface area contributed by atoms with Crippen LogP contribution in [0, 0.1) is 13.8 Å². The van der Waals surface area contributed by atoms with Crippen molar-refractivity contribution in [3.05, 3.63) is 17.5 Å². The quantitative estimate of drug-likeness (QED) is 0.828. The van der Waals surface area contributed by atoms with Crippen LogP contribution in [-0.2, 0) is 9.53 Å². The van der Waals surface area contributed by atoms with E-state index in [0.29, 0.717) is 6.04 Å². The van der Waals surface area contributed by atoms with Crippen molar-refractivity contribution in [2.75, 3.05) is 19.7 Å². The number of piperidine rings is 1. The summed E-state index contributed by atoms with van der Waals surface area (Å²) in [4.78, 5) is 14.4. The molecule has 0 unspecified atom stereocenters. The number of carbonyl (C=O) groups is 1. The number of hydrogen-bond donors (Lipinski definition) is 0. The highest BCUT2D eigenvalue weighted by Gasteiger charge is 2.32. The molecule has 2 saturated heterocycles. The molecule has 1 aromatic heterocycles. The van der Waals surface area contributed by atoms with Crippen molar-refractivity contribution < 1.29 is 9.53 Å². The summed E-state index contributed by atoms with van der Waals surface area (Å²) >= 11 is 0. The van der Waals surface area contributed by atoms with E-state index in [1.165, 1.54) is 5.69 Å². The van der Waals surface area contributed by atoms with E-state index in [4.69, 9.17) is 4.74 Å². The molecule has 0 bridgehead atoms. The monoisotopic (exact) mass is 277 g/mol. The molecule has 2 atom stereocenters. The summed E-state index contributed by atoms with van der Waals surface area (Å²) in [5.74, 6) is 0.175. The number of carbonyl (C=O) groups excluding carboxylic acids is 1. The summed E-state index contributed by atoms with van der Waals surface area (Å²) in [6, 6.07) is 2.41. The van der Waals surface area contributed by atoms with Gasteiger partial charge in [-0.25, -0.2) is 0 Å². The molecule has 2 aliphatic heterocycles. The molecule has 20 heavy (non-hydrogen) atoms. The van der Waals surface area contributed by atoms with E-state index in [2.05, 4.69) is 22.8 Å². The lowest BCUT2D eigenvalue weighted by molar-refractivity contribution is -0.142. The Morgan fingerprint density at radius 1 is 1.35 bits per heavy atom. The lowest BCUT2D eigenvalue weighted by Gasteiger charge is -2.34. The van der Waals surface area contributed by atoms with Gasteiger partial charge in [0.1, 0.15) is 6.10 Å². The van der Waals surface area contributed by atoms with Gasteiger partial charge in [0.2, 0.25) is 0 Å². The maximum atomic E-state index is 12.4. The Kier molecular flexibility index (Phi) is 3.78. The van der Waals surface area contributed by atoms with Crippen LogP contribution in [0.1, 0.15) is 43.1 Å². The Bertz CT molecular complexity index is 491. The van der Waals surface area contributed by atoms with Crippen LogP contribution in [0.25, 0.3) is 0 Å². The normalized spacial score (nSPS) is 27.0. The van der Waals surface area contributed by atoms with Crippen molar-refractivity contribution in [2.45, 2.75) is 51.7 Å². The van der Waals surface area contributed by atoms with E-state index in [1.807, 2.05) is 11.8 Å². The first-order chi connectivity index (χ1) is 9.65. The van der Waals surface area contributed by atoms with Crippen molar-refractivity contribution in [2.24, 2.45) is 0 Å². The SMILES string of the molecule is Cc1cc(C)n([C@@H]2CCCN(C(=O)[C@H]3CCCO3)C2)n1. The second-order valence-electron chi connectivity index (χ2n) is 5.95. The van der Waals surface area contributed by atoms with E-state index in [-0.39, 0.29) is 12.0 Å². The number of hydrogen-bond acceptors (Lipinski definition) is 3. The fourth-order valence-corrected chi connectivity index (χ4v) is 3.35. The van der Waals surface area contributed by atoms with Gasteiger partial charge >= 0.3 is 0 Å². The number of amides is 1. The minimum Gasteiger partial charge on any atom is -0.368 e. The number of rotatable bonds is 2. The molecule has 2 aliphatic rings. The molecule has 0 radical (unpaired) electrons. The Hall–Kier alpha value is -1.36. The highest BCUT2D eigenvalue weighted by atomic mass is 16.5. The van der Waals surface area contributed by atoms with Crippen LogP contribution in [0.3, 0.4) is 0 Å². The van der Waals surface area contributed by atoms with Crippen LogP contribution in [0.2, 0.25) is 0 Å². The predicted molar refractivity (Wildman–Crippen MR) is 75.5 cm³/mol. The fraction of sp³-hybridized carbons (Fsp3) is 0.733. The van der Waals surface area contributed by atoms with Gasteiger partial charge in [-0.05, 0) is 45.6 Å². The molecule has 110 valence electrons. The van der Waals surface area contributed by atoms with Gasteiger partial charge in [-0.3, -0.25) is 9.48 Å². The molecule has 2 fully saturated rings. The smallest absolute Gasteiger partial charge is 0.251 e. The van der Waals surface area contributed by atoms with Crippen molar-refractivity contribution in [3.8, 4) is 0 Å². The summed E-state index contributed by atoms with van der Waals surface area (Å²) in [5.41, 5.74) is 2.23. The first-order valence-corrected chi connectivity index (χ1v) is 7.58. The van der Waals surface area contributed by atoms with Gasteiger partial charge in [0.15, 0.2) is 0 Å². The van der Waals surface area contributed by atoms with E-state index >= 15 is 0 Å². The zero-order valence-corrected chi connectivity index (χ0v) is 12.3. The summed E-state index contributed by atoms with van der Waals surface area (Å²) in [6.45, 7) is 6.45. The van der Waals surface area contributed by atoms with Crippen molar-refractivity contribution in [1.29, 1.82) is 0 Å². The zero-order chi connectivity index (χ0) is 14.1. The van der Waals surface area contributed by atoms with Crippen molar-refractivity contribution in [3.63, 3.8) is 0 Å². The molecule has 3 heterocycles. The third-order valence-electron chi connectivity index (χ3n) is 4.30. The first-order valence-electron chi connectivity index (χ1n) is 7.58. The molecule has 0 saturated carbocycles. The van der Waals surface area contributed by atoms with Gasteiger partial charge in [-0.2, -0.15) is 5.10 Å². The third-order valence-corrected chi connectivity index (χ3v) is 4.30. The number of aryl methyl sites for hydroxylation is 2. The molecule has 0 aromatic carbocycles. The summed E-state index contributed by atoms with van der Waals surface area (Å²) in [5, 5.41) is 4.57. The molecule has 5 nitrogen and oxygen atoms in total. The lowest BCUT2D eigenvalue weighted by Crippen LogP contribution is -2.45. The van der Waals surface area contributed by atoms with E-state index in [9.17, 15) is 4.79 Å². The molecule has 1 amide bonds. The topological polar surface area (TPSA) is 47.4 Å². The average Bonchev–Trinajstić information content (AvgIpc) is 3.08. The Labute approximate surface area is 119 Å². The number of aromatic nitrogens is 2. The molecule has 0 aliphatic carbocycles. The number of nitrogens with zero attached hydrogens (tertiary/aromatic N) is 3. The summed E-state index contributed by atoms with van der Waals surface area (Å²) < 4.78 is 7.61. The van der Waals surface area contributed by atoms with Crippen LogP contribution >= 0.6 is 0 Å². The average molecular weight is 277 g/mol. The number of ether oxygens (including phenoxy) is 1. The molecule has 5 heteroatoms. The maximum Gasteiger partial charge on any atom is 0.251 e. The summed E-state index contributed by atoms with van der Waals surface area (Å²) in [7, 11) is 0. The van der Waals surface area contributed by atoms with E-state index < -0.39 is 0 Å². The Morgan fingerprint density at radius 3 is 2.85 bits per heavy atom. The Morgan fingerprint density at radius 2 is 2.20 bits per heavy atom. The summed E-state index contributed by atoms with van der Waals surface area (Å²) in [6.07, 6.45) is 3.82. The van der Waals surface area contributed by atoms with E-state index in [0.717, 1.165) is 51.1 Å². The standard InChI is InChI=1S/C15H23N3O2/c1-11-9-12(2)18(16-11)13-5-3-7-17(10-13)15(19)14-6-4-8-20-14/h9,13-14H,3-8,10H2,1-2H3/t13-,14-/m1/s1. The molecular formula is C15H23N3O2. The second-order valence-corrected chi connectivity index (χ2v) is 5.95. The van der Waals surface area contributed by atoms with Gasteiger partial charge in [0.05, 0.1) is 11.7 Å². The van der Waals surface area contributed by atoms with Gasteiger partial charge in [0.25, 0.3) is 5.91 Å².